The Balaban J connectivity index is 1.34. The Hall–Kier alpha value is -3.09. The predicted octanol–water partition coefficient (Wildman–Crippen LogP) is 1.42. The summed E-state index contributed by atoms with van der Waals surface area (Å²) in [5.74, 6) is 0.215. The molecule has 2 N–H and O–H groups in total. The highest BCUT2D eigenvalue weighted by Crippen LogP contribution is 2.26. The van der Waals surface area contributed by atoms with Gasteiger partial charge < -0.3 is 15.0 Å². The number of nitrogens with one attached hydrogen (secondary N) is 2. The Kier molecular flexibility index (Phi) is 3.99. The Labute approximate surface area is 150 Å². The van der Waals surface area contributed by atoms with Crippen LogP contribution in [-0.4, -0.2) is 48.0 Å². The molecule has 0 saturated carbocycles. The van der Waals surface area contributed by atoms with E-state index in [2.05, 4.69) is 10.6 Å². The van der Waals surface area contributed by atoms with Crippen LogP contribution in [0.3, 0.4) is 0 Å². The molecule has 4 amide bonds. The van der Waals surface area contributed by atoms with Crippen LogP contribution in [0, 0.1) is 0 Å². The molecule has 7 nitrogen and oxygen atoms in total. The average molecular weight is 353 g/mol. The predicted molar refractivity (Wildman–Crippen MR) is 94.7 cm³/mol. The molecule has 0 atom stereocenters. The summed E-state index contributed by atoms with van der Waals surface area (Å²) in [6, 6.07) is 13.2. The molecule has 2 aromatic carbocycles. The molecule has 2 heterocycles. The molecule has 2 aliphatic heterocycles. The normalized spacial score (nSPS) is 18.7. The number of amides is 4. The van der Waals surface area contributed by atoms with E-state index in [-0.39, 0.29) is 18.4 Å². The Bertz CT molecular complexity index is 887. The van der Waals surface area contributed by atoms with Crippen molar-refractivity contribution in [3.63, 3.8) is 0 Å². The van der Waals surface area contributed by atoms with E-state index in [4.69, 9.17) is 4.74 Å². The van der Waals surface area contributed by atoms with E-state index in [0.29, 0.717) is 31.7 Å². The molecule has 2 fully saturated rings. The van der Waals surface area contributed by atoms with Crippen LogP contribution in [0.25, 0.3) is 10.8 Å². The van der Waals surface area contributed by atoms with Crippen molar-refractivity contribution >= 4 is 28.6 Å². The number of fused-ring (bicyclic) bond motifs is 1. The maximum atomic E-state index is 12.4. The second kappa shape index (κ2) is 6.33. The van der Waals surface area contributed by atoms with Gasteiger partial charge in [-0.3, -0.25) is 14.9 Å². The maximum Gasteiger partial charge on any atom is 0.322 e. The highest BCUT2D eigenvalue weighted by Gasteiger charge is 2.48. The van der Waals surface area contributed by atoms with Crippen LogP contribution in [-0.2, 0) is 9.59 Å². The standard InChI is InChI=1S/C19H19N3O4/c23-16(12-26-15-6-5-13-3-1-2-4-14(13)11-15)22-9-7-19(8-10-22)17(24)20-18(25)21-19/h1-6,11H,7-10,12H2,(H2,20,21,24,25). The first-order valence-electron chi connectivity index (χ1n) is 8.59. The molecule has 0 bridgehead atoms. The molecule has 7 heteroatoms. The van der Waals surface area contributed by atoms with E-state index in [9.17, 15) is 14.4 Å². The molecule has 134 valence electrons. The van der Waals surface area contributed by atoms with E-state index in [1.807, 2.05) is 42.5 Å². The van der Waals surface area contributed by atoms with E-state index in [1.54, 1.807) is 4.90 Å². The first-order chi connectivity index (χ1) is 12.6. The SMILES string of the molecule is O=C1NC(=O)C2(CCN(C(=O)COc3ccc4ccccc4c3)CC2)N1. The summed E-state index contributed by atoms with van der Waals surface area (Å²) in [5, 5.41) is 7.12. The number of carbonyl (C=O) groups is 3. The van der Waals surface area contributed by atoms with Gasteiger partial charge in [-0.15, -0.1) is 0 Å². The lowest BCUT2D eigenvalue weighted by Crippen LogP contribution is -2.56. The van der Waals surface area contributed by atoms with Crippen molar-refractivity contribution in [3.05, 3.63) is 42.5 Å². The van der Waals surface area contributed by atoms with Gasteiger partial charge in [0.15, 0.2) is 6.61 Å². The topological polar surface area (TPSA) is 87.7 Å². The third-order valence-corrected chi connectivity index (χ3v) is 5.07. The number of hydrogen-bond donors (Lipinski definition) is 2. The molecular formula is C19H19N3O4. The van der Waals surface area contributed by atoms with Gasteiger partial charge in [-0.05, 0) is 35.7 Å². The quantitative estimate of drug-likeness (QED) is 0.817. The summed E-state index contributed by atoms with van der Waals surface area (Å²) < 4.78 is 5.64. The number of urea groups is 1. The van der Waals surface area contributed by atoms with E-state index < -0.39 is 11.6 Å². The van der Waals surface area contributed by atoms with Crippen LogP contribution in [0.5, 0.6) is 5.75 Å². The summed E-state index contributed by atoms with van der Waals surface area (Å²) >= 11 is 0. The highest BCUT2D eigenvalue weighted by molar-refractivity contribution is 6.07. The van der Waals surface area contributed by atoms with Gasteiger partial charge in [0.2, 0.25) is 0 Å². The summed E-state index contributed by atoms with van der Waals surface area (Å²) in [7, 11) is 0. The fourth-order valence-electron chi connectivity index (χ4n) is 3.51. The number of piperidine rings is 1. The van der Waals surface area contributed by atoms with Crippen LogP contribution in [0.1, 0.15) is 12.8 Å². The van der Waals surface area contributed by atoms with Gasteiger partial charge in [-0.1, -0.05) is 30.3 Å². The lowest BCUT2D eigenvalue weighted by molar-refractivity contribution is -0.137. The summed E-state index contributed by atoms with van der Waals surface area (Å²) in [4.78, 5) is 37.4. The van der Waals surface area contributed by atoms with E-state index in [1.165, 1.54) is 0 Å². The number of likely N-dealkylation sites (tertiary alicyclic amines) is 1. The zero-order valence-corrected chi connectivity index (χ0v) is 14.2. The minimum absolute atomic E-state index is 0.0517. The van der Waals surface area contributed by atoms with E-state index in [0.717, 1.165) is 10.8 Å². The number of benzene rings is 2. The van der Waals surface area contributed by atoms with Crippen LogP contribution < -0.4 is 15.4 Å². The summed E-state index contributed by atoms with van der Waals surface area (Å²) in [6.07, 6.45) is 0.818. The smallest absolute Gasteiger partial charge is 0.322 e. The van der Waals surface area contributed by atoms with Gasteiger partial charge in [-0.25, -0.2) is 4.79 Å². The molecule has 4 rings (SSSR count). The molecule has 1 spiro atoms. The van der Waals surface area contributed by atoms with Crippen LogP contribution in [0.4, 0.5) is 4.79 Å². The fraction of sp³-hybridized carbons (Fsp3) is 0.316. The highest BCUT2D eigenvalue weighted by atomic mass is 16.5. The summed E-state index contributed by atoms with van der Waals surface area (Å²) in [6.45, 7) is 0.769. The number of carbonyl (C=O) groups excluding carboxylic acids is 3. The third-order valence-electron chi connectivity index (χ3n) is 5.07. The Morgan fingerprint density at radius 3 is 2.50 bits per heavy atom. The largest absolute Gasteiger partial charge is 0.484 e. The lowest BCUT2D eigenvalue weighted by atomic mass is 9.88. The molecule has 2 aliphatic rings. The maximum absolute atomic E-state index is 12.4. The van der Waals surface area contributed by atoms with Gasteiger partial charge in [-0.2, -0.15) is 0 Å². The fourth-order valence-corrected chi connectivity index (χ4v) is 3.51. The monoisotopic (exact) mass is 353 g/mol. The molecule has 0 aliphatic carbocycles. The Morgan fingerprint density at radius 2 is 1.81 bits per heavy atom. The molecule has 0 radical (unpaired) electrons. The number of imide groups is 1. The molecule has 0 unspecified atom stereocenters. The van der Waals surface area contributed by atoms with E-state index >= 15 is 0 Å². The first kappa shape index (κ1) is 16.4. The molecular weight excluding hydrogens is 334 g/mol. The van der Waals surface area contributed by atoms with Crippen molar-refractivity contribution in [1.29, 1.82) is 0 Å². The van der Waals surface area contributed by atoms with Crippen molar-refractivity contribution in [1.82, 2.24) is 15.5 Å². The second-order valence-electron chi connectivity index (χ2n) is 6.67. The molecule has 0 aromatic heterocycles. The zero-order valence-electron chi connectivity index (χ0n) is 14.2. The van der Waals surface area contributed by atoms with Gasteiger partial charge >= 0.3 is 6.03 Å². The third kappa shape index (κ3) is 2.96. The van der Waals surface area contributed by atoms with Gasteiger partial charge in [0.25, 0.3) is 11.8 Å². The second-order valence-corrected chi connectivity index (χ2v) is 6.67. The van der Waals surface area contributed by atoms with Gasteiger partial charge in [0, 0.05) is 13.1 Å². The van der Waals surface area contributed by atoms with Crippen molar-refractivity contribution in [2.45, 2.75) is 18.4 Å². The molecule has 2 saturated heterocycles. The van der Waals surface area contributed by atoms with Crippen LogP contribution in [0.15, 0.2) is 42.5 Å². The lowest BCUT2D eigenvalue weighted by Gasteiger charge is -2.36. The molecule has 26 heavy (non-hydrogen) atoms. The number of ether oxygens (including phenoxy) is 1. The number of nitrogens with zero attached hydrogens (tertiary/aromatic N) is 1. The summed E-state index contributed by atoms with van der Waals surface area (Å²) in [5.41, 5.74) is -0.868. The number of hydrogen-bond acceptors (Lipinski definition) is 4. The minimum atomic E-state index is -0.868. The van der Waals surface area contributed by atoms with Crippen LogP contribution >= 0.6 is 0 Å². The number of rotatable bonds is 3. The zero-order chi connectivity index (χ0) is 18.1. The van der Waals surface area contributed by atoms with Gasteiger partial charge in [0.1, 0.15) is 11.3 Å². The van der Waals surface area contributed by atoms with Crippen molar-refractivity contribution < 1.29 is 19.1 Å². The van der Waals surface area contributed by atoms with Crippen molar-refractivity contribution in [2.75, 3.05) is 19.7 Å². The van der Waals surface area contributed by atoms with Gasteiger partial charge in [0.05, 0.1) is 0 Å². The van der Waals surface area contributed by atoms with Crippen LogP contribution in [0.2, 0.25) is 0 Å². The first-order valence-corrected chi connectivity index (χ1v) is 8.59. The molecule has 2 aromatic rings. The van der Waals surface area contributed by atoms with Crippen molar-refractivity contribution in [2.24, 2.45) is 0 Å². The Morgan fingerprint density at radius 1 is 1.08 bits per heavy atom. The van der Waals surface area contributed by atoms with Crippen molar-refractivity contribution in [3.8, 4) is 5.75 Å². The average Bonchev–Trinajstić information content (AvgIpc) is 2.93. The minimum Gasteiger partial charge on any atom is -0.484 e.